The number of carbonyl (C=O) groups is 1. The molecule has 3 N–H and O–H groups in total. The summed E-state index contributed by atoms with van der Waals surface area (Å²) in [7, 11) is 3.13. The number of hydrogen-bond donors (Lipinski definition) is 2. The Labute approximate surface area is 129 Å². The van der Waals surface area contributed by atoms with Gasteiger partial charge in [0.15, 0.2) is 11.5 Å². The fourth-order valence-electron chi connectivity index (χ4n) is 1.96. The lowest BCUT2D eigenvalue weighted by molar-refractivity contribution is 0.0697. The van der Waals surface area contributed by atoms with Gasteiger partial charge < -0.3 is 29.8 Å². The van der Waals surface area contributed by atoms with Gasteiger partial charge in [0.25, 0.3) is 0 Å². The highest BCUT2D eigenvalue weighted by Crippen LogP contribution is 2.38. The molecular formula is C15H23NO6. The summed E-state index contributed by atoms with van der Waals surface area (Å²) in [6.45, 7) is 3.26. The number of rotatable bonds is 10. The van der Waals surface area contributed by atoms with Crippen LogP contribution in [0.2, 0.25) is 0 Å². The molecule has 22 heavy (non-hydrogen) atoms. The van der Waals surface area contributed by atoms with Crippen LogP contribution in [0.5, 0.6) is 11.5 Å². The van der Waals surface area contributed by atoms with Crippen molar-refractivity contribution in [2.24, 2.45) is 0 Å². The van der Waals surface area contributed by atoms with Crippen LogP contribution in [0, 0.1) is 0 Å². The summed E-state index contributed by atoms with van der Waals surface area (Å²) in [5.41, 5.74) is 6.76. The summed E-state index contributed by atoms with van der Waals surface area (Å²) in [5.74, 6) is -0.304. The highest BCUT2D eigenvalue weighted by atomic mass is 16.5. The van der Waals surface area contributed by atoms with E-state index in [1.807, 2.05) is 6.92 Å². The Balaban J connectivity index is 3.21. The third kappa shape index (κ3) is 4.51. The lowest BCUT2D eigenvalue weighted by atomic mass is 10.0. The first-order chi connectivity index (χ1) is 10.6. The van der Waals surface area contributed by atoms with E-state index >= 15 is 0 Å². The molecule has 0 spiro atoms. The van der Waals surface area contributed by atoms with Crippen molar-refractivity contribution >= 4 is 11.7 Å². The van der Waals surface area contributed by atoms with Gasteiger partial charge in [0.1, 0.15) is 13.2 Å². The maximum absolute atomic E-state index is 11.3. The molecule has 0 amide bonds. The first-order valence-electron chi connectivity index (χ1n) is 6.98. The zero-order valence-electron chi connectivity index (χ0n) is 13.2. The van der Waals surface area contributed by atoms with Crippen molar-refractivity contribution in [1.29, 1.82) is 0 Å². The Kier molecular flexibility index (Phi) is 7.48. The lowest BCUT2D eigenvalue weighted by Crippen LogP contribution is -2.13. The minimum atomic E-state index is -1.10. The monoisotopic (exact) mass is 313 g/mol. The molecule has 1 rings (SSSR count). The van der Waals surface area contributed by atoms with Crippen molar-refractivity contribution in [3.63, 3.8) is 0 Å². The van der Waals surface area contributed by atoms with Crippen molar-refractivity contribution in [1.82, 2.24) is 0 Å². The van der Waals surface area contributed by atoms with E-state index in [9.17, 15) is 9.90 Å². The molecule has 7 heteroatoms. The highest BCUT2D eigenvalue weighted by molar-refractivity contribution is 5.96. The molecule has 7 nitrogen and oxygen atoms in total. The first-order valence-corrected chi connectivity index (χ1v) is 6.98. The number of anilines is 1. The zero-order valence-corrected chi connectivity index (χ0v) is 13.2. The van der Waals surface area contributed by atoms with E-state index in [4.69, 9.17) is 24.7 Å². The molecule has 0 radical (unpaired) electrons. The Morgan fingerprint density at radius 1 is 1.14 bits per heavy atom. The van der Waals surface area contributed by atoms with Gasteiger partial charge in [0.05, 0.1) is 24.5 Å². The molecule has 1 aromatic carbocycles. The maximum atomic E-state index is 11.3. The second-order valence-corrected chi connectivity index (χ2v) is 4.48. The second kappa shape index (κ2) is 9.11. The molecule has 0 bridgehead atoms. The van der Waals surface area contributed by atoms with Gasteiger partial charge in [-0.15, -0.1) is 0 Å². The first kappa shape index (κ1) is 18.1. The van der Waals surface area contributed by atoms with Crippen LogP contribution in [0.4, 0.5) is 5.69 Å². The molecule has 0 aromatic heterocycles. The highest BCUT2D eigenvalue weighted by Gasteiger charge is 2.21. The van der Waals surface area contributed by atoms with Gasteiger partial charge >= 0.3 is 5.97 Å². The second-order valence-electron chi connectivity index (χ2n) is 4.48. The summed E-state index contributed by atoms with van der Waals surface area (Å²) in [6, 6.07) is 1.38. The maximum Gasteiger partial charge on any atom is 0.337 e. The normalized spacial score (nSPS) is 10.5. The predicted octanol–water partition coefficient (Wildman–Crippen LogP) is 1.58. The molecule has 124 valence electrons. The summed E-state index contributed by atoms with van der Waals surface area (Å²) < 4.78 is 21.2. The van der Waals surface area contributed by atoms with Crippen LogP contribution in [0.3, 0.4) is 0 Å². The molecule has 1 aromatic rings. The van der Waals surface area contributed by atoms with E-state index < -0.39 is 5.97 Å². The van der Waals surface area contributed by atoms with Crippen molar-refractivity contribution in [2.45, 2.75) is 13.3 Å². The average Bonchev–Trinajstić information content (AvgIpc) is 2.49. The summed E-state index contributed by atoms with van der Waals surface area (Å²) in [6.07, 6.45) is 0.524. The van der Waals surface area contributed by atoms with E-state index in [1.54, 1.807) is 14.2 Å². The number of nitrogens with two attached hydrogens (primary N) is 1. The van der Waals surface area contributed by atoms with Gasteiger partial charge in [0, 0.05) is 25.8 Å². The topological polar surface area (TPSA) is 100 Å². The molecule has 0 aliphatic carbocycles. The number of carboxylic acids is 1. The Hall–Kier alpha value is -1.99. The molecule has 0 unspecified atom stereocenters. The van der Waals surface area contributed by atoms with Crippen LogP contribution < -0.4 is 15.2 Å². The number of carboxylic acid groups (broad SMARTS) is 1. The lowest BCUT2D eigenvalue weighted by Gasteiger charge is -2.19. The Morgan fingerprint density at radius 2 is 1.73 bits per heavy atom. The van der Waals surface area contributed by atoms with E-state index in [-0.39, 0.29) is 17.9 Å². The van der Waals surface area contributed by atoms with E-state index in [2.05, 4.69) is 0 Å². The molecule has 0 aliphatic rings. The smallest absolute Gasteiger partial charge is 0.337 e. The standard InChI is InChI=1S/C15H23NO6/c1-4-10-13(16)11(15(17)18)9-12(21-7-5-19-2)14(10)22-8-6-20-3/h9H,4-8,16H2,1-3H3,(H,17,18). The number of methoxy groups -OCH3 is 2. The zero-order chi connectivity index (χ0) is 16.5. The van der Waals surface area contributed by atoms with Gasteiger partial charge in [-0.2, -0.15) is 0 Å². The molecule has 0 aliphatic heterocycles. The van der Waals surface area contributed by atoms with Crippen molar-refractivity contribution in [3.05, 3.63) is 17.2 Å². The Morgan fingerprint density at radius 3 is 2.23 bits per heavy atom. The van der Waals surface area contributed by atoms with Gasteiger partial charge in [0.2, 0.25) is 0 Å². The quantitative estimate of drug-likeness (QED) is 0.499. The summed E-state index contributed by atoms with van der Waals surface area (Å²) in [5, 5.41) is 9.27. The van der Waals surface area contributed by atoms with Gasteiger partial charge in [-0.3, -0.25) is 0 Å². The largest absolute Gasteiger partial charge is 0.487 e. The van der Waals surface area contributed by atoms with Crippen LogP contribution >= 0.6 is 0 Å². The molecule has 0 saturated carbocycles. The van der Waals surface area contributed by atoms with Crippen LogP contribution in [-0.2, 0) is 15.9 Å². The van der Waals surface area contributed by atoms with E-state index in [1.165, 1.54) is 6.07 Å². The summed E-state index contributed by atoms with van der Waals surface area (Å²) >= 11 is 0. The Bertz CT molecular complexity index is 503. The minimum absolute atomic E-state index is 0.00311. The molecule has 0 saturated heterocycles. The number of benzene rings is 1. The molecule has 0 atom stereocenters. The van der Waals surface area contributed by atoms with Crippen LogP contribution in [0.1, 0.15) is 22.8 Å². The number of nitrogen functional groups attached to an aromatic ring is 1. The van der Waals surface area contributed by atoms with Crippen molar-refractivity contribution in [3.8, 4) is 11.5 Å². The van der Waals surface area contributed by atoms with Crippen LogP contribution in [-0.4, -0.2) is 51.7 Å². The van der Waals surface area contributed by atoms with Crippen molar-refractivity contribution < 1.29 is 28.8 Å². The van der Waals surface area contributed by atoms with Gasteiger partial charge in [-0.05, 0) is 6.42 Å². The van der Waals surface area contributed by atoms with Gasteiger partial charge in [-0.1, -0.05) is 6.92 Å². The summed E-state index contributed by atoms with van der Waals surface area (Å²) in [4.78, 5) is 11.3. The average molecular weight is 313 g/mol. The molecular weight excluding hydrogens is 290 g/mol. The third-order valence-corrected chi connectivity index (χ3v) is 3.05. The SMILES string of the molecule is CCc1c(N)c(C(=O)O)cc(OCCOC)c1OCCOC. The third-order valence-electron chi connectivity index (χ3n) is 3.05. The fraction of sp³-hybridized carbons (Fsp3) is 0.533. The fourth-order valence-corrected chi connectivity index (χ4v) is 1.96. The van der Waals surface area contributed by atoms with E-state index in [0.717, 1.165) is 0 Å². The van der Waals surface area contributed by atoms with Crippen LogP contribution in [0.25, 0.3) is 0 Å². The predicted molar refractivity (Wildman–Crippen MR) is 81.9 cm³/mol. The van der Waals surface area contributed by atoms with Crippen LogP contribution in [0.15, 0.2) is 6.07 Å². The van der Waals surface area contributed by atoms with Crippen molar-refractivity contribution in [2.75, 3.05) is 46.4 Å². The number of hydrogen-bond acceptors (Lipinski definition) is 6. The minimum Gasteiger partial charge on any atom is -0.487 e. The molecule has 0 heterocycles. The number of ether oxygens (including phenoxy) is 4. The number of aromatic carboxylic acids is 1. The van der Waals surface area contributed by atoms with E-state index in [0.29, 0.717) is 43.3 Å². The van der Waals surface area contributed by atoms with Gasteiger partial charge in [-0.25, -0.2) is 4.79 Å². The molecule has 0 fully saturated rings.